The van der Waals surface area contributed by atoms with Gasteiger partial charge in [0.2, 0.25) is 5.91 Å². The summed E-state index contributed by atoms with van der Waals surface area (Å²) < 4.78 is 0. The molecule has 0 aromatic heterocycles. The summed E-state index contributed by atoms with van der Waals surface area (Å²) in [7, 11) is 0. The maximum atomic E-state index is 12.5. The van der Waals surface area contributed by atoms with E-state index in [1.807, 2.05) is 0 Å². The molecular weight excluding hydrogens is 332 g/mol. The van der Waals surface area contributed by atoms with Crippen LogP contribution in [0.5, 0.6) is 0 Å². The number of nitrogens with zero attached hydrogens (tertiary/aromatic N) is 1. The molecule has 0 bridgehead atoms. The molecule has 27 heavy (non-hydrogen) atoms. The van der Waals surface area contributed by atoms with E-state index in [4.69, 9.17) is 0 Å². The van der Waals surface area contributed by atoms with Crippen molar-refractivity contribution in [1.29, 1.82) is 0 Å². The normalized spacial score (nSPS) is 14.0. The Morgan fingerprint density at radius 1 is 1.15 bits per heavy atom. The number of aryl methyl sites for hydroxylation is 2. The minimum atomic E-state index is -0.00843. The van der Waals surface area contributed by atoms with Gasteiger partial charge in [0.1, 0.15) is 0 Å². The van der Waals surface area contributed by atoms with Crippen LogP contribution in [0, 0.1) is 12.3 Å². The molecule has 1 N–H and O–H groups in total. The Balaban J connectivity index is 1.83. The topological polar surface area (TPSA) is 32.3 Å². The van der Waals surface area contributed by atoms with Crippen LogP contribution in [0.25, 0.3) is 0 Å². The highest BCUT2D eigenvalue weighted by Gasteiger charge is 2.20. The first kappa shape index (κ1) is 19.5. The molecule has 1 heterocycles. The molecule has 0 aliphatic carbocycles. The molecule has 144 valence electrons. The molecular formula is C24H32N2O. The zero-order valence-corrected chi connectivity index (χ0v) is 17.4. The van der Waals surface area contributed by atoms with E-state index in [1.54, 1.807) is 0 Å². The minimum absolute atomic E-state index is 0.00843. The Hall–Kier alpha value is -2.29. The Morgan fingerprint density at radius 2 is 1.85 bits per heavy atom. The highest BCUT2D eigenvalue weighted by Crippen LogP contribution is 2.32. The number of benzene rings is 2. The minimum Gasteiger partial charge on any atom is -0.367 e. The summed E-state index contributed by atoms with van der Waals surface area (Å²) >= 11 is 0. The van der Waals surface area contributed by atoms with E-state index in [1.165, 1.54) is 22.4 Å². The van der Waals surface area contributed by atoms with Crippen LogP contribution in [0.1, 0.15) is 56.4 Å². The SMILES string of the molecule is CCc1cc(N2CCc3ccccc3C2)cc(C)c1NC(=O)CC(C)(C)C. The molecule has 1 amide bonds. The van der Waals surface area contributed by atoms with Crippen molar-refractivity contribution in [1.82, 2.24) is 0 Å². The Bertz CT molecular complexity index is 833. The van der Waals surface area contributed by atoms with E-state index in [0.717, 1.165) is 37.2 Å². The van der Waals surface area contributed by atoms with E-state index in [9.17, 15) is 4.79 Å². The van der Waals surface area contributed by atoms with Gasteiger partial charge in [-0.15, -0.1) is 0 Å². The predicted molar refractivity (Wildman–Crippen MR) is 114 cm³/mol. The van der Waals surface area contributed by atoms with Gasteiger partial charge in [-0.25, -0.2) is 0 Å². The van der Waals surface area contributed by atoms with Gasteiger partial charge in [0.05, 0.1) is 0 Å². The smallest absolute Gasteiger partial charge is 0.224 e. The van der Waals surface area contributed by atoms with E-state index >= 15 is 0 Å². The van der Waals surface area contributed by atoms with Gasteiger partial charge in [0, 0.05) is 30.9 Å². The summed E-state index contributed by atoms with van der Waals surface area (Å²) in [6, 6.07) is 13.2. The molecule has 0 saturated carbocycles. The number of carbonyl (C=O) groups is 1. The van der Waals surface area contributed by atoms with Gasteiger partial charge >= 0.3 is 0 Å². The Labute approximate surface area is 163 Å². The van der Waals surface area contributed by atoms with E-state index in [2.05, 4.69) is 81.2 Å². The van der Waals surface area contributed by atoms with Crippen molar-refractivity contribution in [3.63, 3.8) is 0 Å². The molecule has 3 heteroatoms. The van der Waals surface area contributed by atoms with Crippen LogP contribution in [0.15, 0.2) is 36.4 Å². The maximum absolute atomic E-state index is 12.5. The van der Waals surface area contributed by atoms with Crippen molar-refractivity contribution in [3.8, 4) is 0 Å². The average molecular weight is 365 g/mol. The number of anilines is 2. The Morgan fingerprint density at radius 3 is 2.52 bits per heavy atom. The number of amides is 1. The molecule has 3 nitrogen and oxygen atoms in total. The molecule has 2 aromatic carbocycles. The standard InChI is InChI=1S/C24H32N2O/c1-6-18-14-21(26-12-11-19-9-7-8-10-20(19)16-26)13-17(2)23(18)25-22(27)15-24(3,4)5/h7-10,13-14H,6,11-12,15-16H2,1-5H3,(H,25,27). The summed E-state index contributed by atoms with van der Waals surface area (Å²) in [6.07, 6.45) is 2.52. The molecule has 0 radical (unpaired) electrons. The fourth-order valence-electron chi connectivity index (χ4n) is 3.86. The van der Waals surface area contributed by atoms with Crippen molar-refractivity contribution < 1.29 is 4.79 Å². The van der Waals surface area contributed by atoms with Gasteiger partial charge in [0.25, 0.3) is 0 Å². The lowest BCUT2D eigenvalue weighted by atomic mass is 9.91. The van der Waals surface area contributed by atoms with Crippen molar-refractivity contribution in [2.75, 3.05) is 16.8 Å². The first-order chi connectivity index (χ1) is 12.8. The van der Waals surface area contributed by atoms with Crippen molar-refractivity contribution in [2.24, 2.45) is 5.41 Å². The summed E-state index contributed by atoms with van der Waals surface area (Å²) in [5.41, 5.74) is 7.48. The first-order valence-electron chi connectivity index (χ1n) is 10.0. The van der Waals surface area contributed by atoms with Crippen LogP contribution in [0.4, 0.5) is 11.4 Å². The van der Waals surface area contributed by atoms with Gasteiger partial charge in [0.15, 0.2) is 0 Å². The lowest BCUT2D eigenvalue weighted by Crippen LogP contribution is -2.30. The number of fused-ring (bicyclic) bond motifs is 1. The summed E-state index contributed by atoms with van der Waals surface area (Å²) in [4.78, 5) is 14.9. The largest absolute Gasteiger partial charge is 0.367 e. The monoisotopic (exact) mass is 364 g/mol. The lowest BCUT2D eigenvalue weighted by molar-refractivity contribution is -0.117. The number of nitrogens with one attached hydrogen (secondary N) is 1. The van der Waals surface area contributed by atoms with Crippen LogP contribution in [0.3, 0.4) is 0 Å². The summed E-state index contributed by atoms with van der Waals surface area (Å²) in [6.45, 7) is 12.5. The van der Waals surface area contributed by atoms with Crippen LogP contribution in [-0.4, -0.2) is 12.5 Å². The quantitative estimate of drug-likeness (QED) is 0.777. The fraction of sp³-hybridized carbons (Fsp3) is 0.458. The van der Waals surface area contributed by atoms with E-state index < -0.39 is 0 Å². The molecule has 1 aliphatic heterocycles. The molecule has 0 fully saturated rings. The second kappa shape index (κ2) is 7.75. The van der Waals surface area contributed by atoms with E-state index in [0.29, 0.717) is 6.42 Å². The maximum Gasteiger partial charge on any atom is 0.224 e. The van der Waals surface area contributed by atoms with Crippen LogP contribution in [0.2, 0.25) is 0 Å². The molecule has 0 unspecified atom stereocenters. The van der Waals surface area contributed by atoms with E-state index in [-0.39, 0.29) is 11.3 Å². The third-order valence-corrected chi connectivity index (χ3v) is 5.23. The predicted octanol–water partition coefficient (Wildman–Crippen LogP) is 5.49. The third-order valence-electron chi connectivity index (χ3n) is 5.23. The zero-order chi connectivity index (χ0) is 19.6. The fourth-order valence-corrected chi connectivity index (χ4v) is 3.86. The molecule has 1 aliphatic rings. The molecule has 0 atom stereocenters. The van der Waals surface area contributed by atoms with Crippen molar-refractivity contribution in [3.05, 3.63) is 58.7 Å². The van der Waals surface area contributed by atoms with Crippen molar-refractivity contribution in [2.45, 2.75) is 60.4 Å². The van der Waals surface area contributed by atoms with Gasteiger partial charge in [-0.05, 0) is 59.6 Å². The lowest BCUT2D eigenvalue weighted by Gasteiger charge is -2.32. The second-order valence-corrected chi connectivity index (χ2v) is 8.88. The summed E-state index contributed by atoms with van der Waals surface area (Å²) in [5.74, 6) is 0.0972. The highest BCUT2D eigenvalue weighted by atomic mass is 16.1. The number of rotatable bonds is 4. The van der Waals surface area contributed by atoms with Crippen LogP contribution < -0.4 is 10.2 Å². The van der Waals surface area contributed by atoms with Gasteiger partial charge in [-0.3, -0.25) is 4.79 Å². The molecule has 0 spiro atoms. The Kier molecular flexibility index (Phi) is 5.59. The third kappa shape index (κ3) is 4.71. The van der Waals surface area contributed by atoms with Gasteiger partial charge < -0.3 is 10.2 Å². The molecule has 3 rings (SSSR count). The summed E-state index contributed by atoms with van der Waals surface area (Å²) in [5, 5.41) is 3.17. The highest BCUT2D eigenvalue weighted by molar-refractivity contribution is 5.93. The first-order valence-corrected chi connectivity index (χ1v) is 10.0. The van der Waals surface area contributed by atoms with Crippen LogP contribution >= 0.6 is 0 Å². The number of hydrogen-bond donors (Lipinski definition) is 1. The van der Waals surface area contributed by atoms with Crippen molar-refractivity contribution >= 4 is 17.3 Å². The molecule has 2 aromatic rings. The van der Waals surface area contributed by atoms with Gasteiger partial charge in [-0.1, -0.05) is 52.0 Å². The van der Waals surface area contributed by atoms with Gasteiger partial charge in [-0.2, -0.15) is 0 Å². The second-order valence-electron chi connectivity index (χ2n) is 8.88. The van der Waals surface area contributed by atoms with Crippen LogP contribution in [-0.2, 0) is 24.2 Å². The number of carbonyl (C=O) groups excluding carboxylic acids is 1. The number of hydrogen-bond acceptors (Lipinski definition) is 2. The molecule has 0 saturated heterocycles. The zero-order valence-electron chi connectivity index (χ0n) is 17.4. The average Bonchev–Trinajstić information content (AvgIpc) is 2.61.